The Kier molecular flexibility index (Phi) is 10.9. The van der Waals surface area contributed by atoms with Crippen LogP contribution in [0.2, 0.25) is 0 Å². The molecule has 5 unspecified atom stereocenters. The van der Waals surface area contributed by atoms with Crippen molar-refractivity contribution < 1.29 is 29.1 Å². The number of amides is 4. The van der Waals surface area contributed by atoms with Gasteiger partial charge in [0.2, 0.25) is 23.6 Å². The molecule has 166 valence electrons. The molecule has 0 bridgehead atoms. The number of nitrogens with one attached hydrogen (secondary N) is 3. The molecule has 0 radical (unpaired) electrons. The van der Waals surface area contributed by atoms with Crippen molar-refractivity contribution in [2.45, 2.75) is 71.6 Å². The highest BCUT2D eigenvalue weighted by Crippen LogP contribution is 2.07. The highest BCUT2D eigenvalue weighted by atomic mass is 16.4. The van der Waals surface area contributed by atoms with E-state index in [0.29, 0.717) is 6.42 Å². The lowest BCUT2D eigenvalue weighted by atomic mass is 9.98. The van der Waals surface area contributed by atoms with Gasteiger partial charge in [0.25, 0.3) is 0 Å². The maximum absolute atomic E-state index is 12.6. The molecule has 0 spiro atoms. The van der Waals surface area contributed by atoms with E-state index in [4.69, 9.17) is 16.6 Å². The predicted molar refractivity (Wildman–Crippen MR) is 105 cm³/mol. The number of carboxylic acid groups (broad SMARTS) is 1. The molecule has 8 N–H and O–H groups in total. The summed E-state index contributed by atoms with van der Waals surface area (Å²) in [5, 5.41) is 16.0. The fourth-order valence-electron chi connectivity index (χ4n) is 2.34. The zero-order chi connectivity index (χ0) is 22.9. The summed E-state index contributed by atoms with van der Waals surface area (Å²) in [6.07, 6.45) is 0.154. The standard InChI is InChI=1S/C18H33N5O6/c1-6-9(4)13(20)16(26)22-11(7-12(19)24)15(25)23-14(8(2)3)17(27)21-10(5)18(28)29/h8-11,13-14H,6-7,20H2,1-5H3,(H2,19,24)(H,21,27)(H,22,26)(H,23,25)(H,28,29). The van der Waals surface area contributed by atoms with Gasteiger partial charge in [-0.05, 0) is 18.8 Å². The van der Waals surface area contributed by atoms with Crippen LogP contribution in [-0.4, -0.2) is 58.9 Å². The van der Waals surface area contributed by atoms with Gasteiger partial charge in [0.15, 0.2) is 0 Å². The largest absolute Gasteiger partial charge is 0.480 e. The van der Waals surface area contributed by atoms with Crippen molar-refractivity contribution in [1.29, 1.82) is 0 Å². The molecule has 0 fully saturated rings. The second-order valence-corrected chi connectivity index (χ2v) is 7.44. The zero-order valence-electron chi connectivity index (χ0n) is 17.5. The van der Waals surface area contributed by atoms with Gasteiger partial charge in [-0.3, -0.25) is 24.0 Å². The molecule has 0 rings (SSSR count). The number of hydrogen-bond donors (Lipinski definition) is 6. The van der Waals surface area contributed by atoms with E-state index in [1.165, 1.54) is 6.92 Å². The Hall–Kier alpha value is -2.69. The van der Waals surface area contributed by atoms with E-state index in [2.05, 4.69) is 16.0 Å². The first kappa shape index (κ1) is 26.3. The summed E-state index contributed by atoms with van der Waals surface area (Å²) < 4.78 is 0. The second kappa shape index (κ2) is 12.0. The van der Waals surface area contributed by atoms with E-state index in [1.807, 2.05) is 6.92 Å². The number of carbonyl (C=O) groups excluding carboxylic acids is 4. The van der Waals surface area contributed by atoms with Crippen LogP contribution in [0.1, 0.15) is 47.5 Å². The van der Waals surface area contributed by atoms with Gasteiger partial charge in [-0.15, -0.1) is 0 Å². The summed E-state index contributed by atoms with van der Waals surface area (Å²) in [7, 11) is 0. The molecule has 0 aromatic rings. The van der Waals surface area contributed by atoms with Crippen LogP contribution in [0.15, 0.2) is 0 Å². The molecule has 0 saturated heterocycles. The summed E-state index contributed by atoms with van der Waals surface area (Å²) in [6, 6.07) is -4.44. The maximum atomic E-state index is 12.6. The number of carbonyl (C=O) groups is 5. The molecule has 0 aliphatic heterocycles. The van der Waals surface area contributed by atoms with Gasteiger partial charge >= 0.3 is 5.97 Å². The predicted octanol–water partition coefficient (Wildman–Crippen LogP) is -1.55. The number of rotatable bonds is 12. The van der Waals surface area contributed by atoms with Gasteiger partial charge < -0.3 is 32.5 Å². The first-order valence-electron chi connectivity index (χ1n) is 9.49. The van der Waals surface area contributed by atoms with Gasteiger partial charge in [0, 0.05) is 0 Å². The summed E-state index contributed by atoms with van der Waals surface area (Å²) in [6.45, 7) is 8.21. The van der Waals surface area contributed by atoms with Crippen molar-refractivity contribution in [3.05, 3.63) is 0 Å². The first-order chi connectivity index (χ1) is 13.3. The van der Waals surface area contributed by atoms with Crippen LogP contribution in [0.3, 0.4) is 0 Å². The Morgan fingerprint density at radius 1 is 0.897 bits per heavy atom. The van der Waals surface area contributed by atoms with E-state index in [9.17, 15) is 24.0 Å². The molecule has 0 aliphatic rings. The van der Waals surface area contributed by atoms with Crippen molar-refractivity contribution in [2.75, 3.05) is 0 Å². The molecule has 29 heavy (non-hydrogen) atoms. The lowest BCUT2D eigenvalue weighted by Gasteiger charge is -2.26. The van der Waals surface area contributed by atoms with Crippen LogP contribution in [0, 0.1) is 11.8 Å². The quantitative estimate of drug-likeness (QED) is 0.222. The first-order valence-corrected chi connectivity index (χ1v) is 9.49. The number of carboxylic acids is 1. The van der Waals surface area contributed by atoms with Crippen LogP contribution >= 0.6 is 0 Å². The van der Waals surface area contributed by atoms with Crippen LogP contribution in [-0.2, 0) is 24.0 Å². The van der Waals surface area contributed by atoms with Gasteiger partial charge in [-0.1, -0.05) is 34.1 Å². The Morgan fingerprint density at radius 2 is 1.45 bits per heavy atom. The number of nitrogens with two attached hydrogens (primary N) is 2. The molecular formula is C18H33N5O6. The molecule has 0 aliphatic carbocycles. The van der Waals surface area contributed by atoms with E-state index < -0.39 is 66.1 Å². The van der Waals surface area contributed by atoms with Crippen LogP contribution in [0.25, 0.3) is 0 Å². The maximum Gasteiger partial charge on any atom is 0.325 e. The van der Waals surface area contributed by atoms with Gasteiger partial charge in [-0.2, -0.15) is 0 Å². The van der Waals surface area contributed by atoms with Crippen LogP contribution < -0.4 is 27.4 Å². The van der Waals surface area contributed by atoms with Gasteiger partial charge in [0.05, 0.1) is 12.5 Å². The van der Waals surface area contributed by atoms with E-state index in [1.54, 1.807) is 20.8 Å². The Balaban J connectivity index is 5.35. The molecule has 0 aromatic carbocycles. The number of aliphatic carboxylic acids is 1. The minimum absolute atomic E-state index is 0.154. The molecule has 5 atom stereocenters. The van der Waals surface area contributed by atoms with E-state index in [0.717, 1.165) is 0 Å². The normalized spacial score (nSPS) is 16.1. The Morgan fingerprint density at radius 3 is 1.86 bits per heavy atom. The Labute approximate surface area is 170 Å². The van der Waals surface area contributed by atoms with Crippen LogP contribution in [0.5, 0.6) is 0 Å². The molecule has 11 heteroatoms. The molecule has 0 heterocycles. The Bertz CT molecular complexity index is 624. The zero-order valence-corrected chi connectivity index (χ0v) is 17.5. The topological polar surface area (TPSA) is 194 Å². The lowest BCUT2D eigenvalue weighted by molar-refractivity contribution is -0.142. The molecule has 11 nitrogen and oxygen atoms in total. The van der Waals surface area contributed by atoms with Gasteiger partial charge in [-0.25, -0.2) is 0 Å². The summed E-state index contributed by atoms with van der Waals surface area (Å²) >= 11 is 0. The number of hydrogen-bond acceptors (Lipinski definition) is 6. The molecular weight excluding hydrogens is 382 g/mol. The molecule has 4 amide bonds. The fourth-order valence-corrected chi connectivity index (χ4v) is 2.34. The van der Waals surface area contributed by atoms with Crippen molar-refractivity contribution in [3.8, 4) is 0 Å². The highest BCUT2D eigenvalue weighted by Gasteiger charge is 2.32. The minimum atomic E-state index is -1.32. The third kappa shape index (κ3) is 8.90. The lowest BCUT2D eigenvalue weighted by Crippen LogP contribution is -2.59. The van der Waals surface area contributed by atoms with Crippen molar-refractivity contribution in [1.82, 2.24) is 16.0 Å². The van der Waals surface area contributed by atoms with Crippen molar-refractivity contribution in [2.24, 2.45) is 23.3 Å². The minimum Gasteiger partial charge on any atom is -0.480 e. The third-order valence-electron chi connectivity index (χ3n) is 4.57. The summed E-state index contributed by atoms with van der Waals surface area (Å²) in [4.78, 5) is 59.6. The fraction of sp³-hybridized carbons (Fsp3) is 0.722. The second-order valence-electron chi connectivity index (χ2n) is 7.44. The van der Waals surface area contributed by atoms with E-state index in [-0.39, 0.29) is 5.92 Å². The smallest absolute Gasteiger partial charge is 0.325 e. The van der Waals surface area contributed by atoms with E-state index >= 15 is 0 Å². The SMILES string of the molecule is CCC(C)C(N)C(=O)NC(CC(N)=O)C(=O)NC(C(=O)NC(C)C(=O)O)C(C)C. The average Bonchev–Trinajstić information content (AvgIpc) is 2.62. The average molecular weight is 415 g/mol. The van der Waals surface area contributed by atoms with Crippen LogP contribution in [0.4, 0.5) is 0 Å². The third-order valence-corrected chi connectivity index (χ3v) is 4.57. The molecule has 0 aromatic heterocycles. The van der Waals surface area contributed by atoms with Gasteiger partial charge in [0.1, 0.15) is 18.1 Å². The van der Waals surface area contributed by atoms with Crippen molar-refractivity contribution in [3.63, 3.8) is 0 Å². The summed E-state index contributed by atoms with van der Waals surface area (Å²) in [5.41, 5.74) is 11.0. The monoisotopic (exact) mass is 415 g/mol. The summed E-state index contributed by atoms with van der Waals surface area (Å²) in [5.74, 6) is -4.73. The number of primary amides is 1. The highest BCUT2D eigenvalue weighted by molar-refractivity contribution is 5.96. The molecule has 0 saturated carbocycles. The van der Waals surface area contributed by atoms with Crippen molar-refractivity contribution >= 4 is 29.6 Å².